The van der Waals surface area contributed by atoms with Gasteiger partial charge in [0.15, 0.2) is 11.6 Å². The molecule has 0 aliphatic heterocycles. The minimum absolute atomic E-state index is 0.108. The Morgan fingerprint density at radius 2 is 1.76 bits per heavy atom. The molecule has 5 heteroatoms. The number of nitrogens with one attached hydrogen (secondary N) is 1. The van der Waals surface area contributed by atoms with E-state index in [1.807, 2.05) is 32.0 Å². The Balaban J connectivity index is 2.40. The number of hydrogen-bond donors (Lipinski definition) is 2. The van der Waals surface area contributed by atoms with Gasteiger partial charge in [-0.2, -0.15) is 0 Å². The summed E-state index contributed by atoms with van der Waals surface area (Å²) in [4.78, 5) is 0. The van der Waals surface area contributed by atoms with E-state index in [1.165, 1.54) is 0 Å². The zero-order chi connectivity index (χ0) is 15.6. The fourth-order valence-electron chi connectivity index (χ4n) is 2.44. The molecule has 2 aromatic carbocycles. The Bertz CT molecular complexity index is 639. The van der Waals surface area contributed by atoms with E-state index in [4.69, 9.17) is 5.84 Å². The second-order valence-corrected chi connectivity index (χ2v) is 5.85. The average Bonchev–Trinajstić information content (AvgIpc) is 2.46. The van der Waals surface area contributed by atoms with E-state index in [1.54, 1.807) is 6.07 Å². The third-order valence-corrected chi connectivity index (χ3v) is 4.50. The van der Waals surface area contributed by atoms with Crippen LogP contribution < -0.4 is 11.3 Å². The third-order valence-electron chi connectivity index (χ3n) is 3.69. The van der Waals surface area contributed by atoms with Gasteiger partial charge in [-0.25, -0.2) is 8.78 Å². The predicted molar refractivity (Wildman–Crippen MR) is 83.7 cm³/mol. The van der Waals surface area contributed by atoms with Crippen molar-refractivity contribution in [3.05, 3.63) is 68.7 Å². The molecule has 0 radical (unpaired) electrons. The number of nitrogens with two attached hydrogens (primary N) is 1. The molecule has 0 amide bonds. The normalized spacial score (nSPS) is 12.5. The second-order valence-electron chi connectivity index (χ2n) is 5.06. The molecule has 0 fully saturated rings. The Hall–Kier alpha value is -1.30. The zero-order valence-corrected chi connectivity index (χ0v) is 13.5. The van der Waals surface area contributed by atoms with Gasteiger partial charge in [0.25, 0.3) is 0 Å². The molecule has 2 nitrogen and oxygen atoms in total. The van der Waals surface area contributed by atoms with Crippen LogP contribution in [0.1, 0.15) is 28.3 Å². The summed E-state index contributed by atoms with van der Waals surface area (Å²) >= 11 is 3.11. The van der Waals surface area contributed by atoms with Gasteiger partial charge in [-0.05, 0) is 64.5 Å². The van der Waals surface area contributed by atoms with Gasteiger partial charge in [0.1, 0.15) is 0 Å². The summed E-state index contributed by atoms with van der Waals surface area (Å²) < 4.78 is 27.0. The number of rotatable bonds is 4. The molecule has 0 bridgehead atoms. The lowest BCUT2D eigenvalue weighted by atomic mass is 9.93. The van der Waals surface area contributed by atoms with E-state index in [0.717, 1.165) is 22.8 Å². The largest absolute Gasteiger partial charge is 0.271 e. The minimum Gasteiger partial charge on any atom is -0.271 e. The van der Waals surface area contributed by atoms with E-state index >= 15 is 0 Å². The SMILES string of the molecule is Cc1cccc(C)c1CC(NN)c1ccc(F)c(F)c1Br. The van der Waals surface area contributed by atoms with Gasteiger partial charge in [-0.1, -0.05) is 24.3 Å². The first-order valence-corrected chi connectivity index (χ1v) is 7.39. The number of aryl methyl sites for hydroxylation is 2. The predicted octanol–water partition coefficient (Wildman–Crippen LogP) is 4.09. The molecule has 1 atom stereocenters. The van der Waals surface area contributed by atoms with Crippen LogP contribution in [0.4, 0.5) is 8.78 Å². The van der Waals surface area contributed by atoms with Gasteiger partial charge in [-0.3, -0.25) is 11.3 Å². The second kappa shape index (κ2) is 6.64. The molecule has 0 saturated carbocycles. The Morgan fingerprint density at radius 3 is 2.33 bits per heavy atom. The Labute approximate surface area is 131 Å². The molecule has 0 aliphatic rings. The summed E-state index contributed by atoms with van der Waals surface area (Å²) in [6.45, 7) is 4.05. The van der Waals surface area contributed by atoms with Crippen LogP contribution in [0.3, 0.4) is 0 Å². The van der Waals surface area contributed by atoms with Crippen LogP contribution in [0, 0.1) is 25.5 Å². The molecule has 0 spiro atoms. The van der Waals surface area contributed by atoms with Crippen molar-refractivity contribution in [2.75, 3.05) is 0 Å². The Kier molecular flexibility index (Phi) is 5.08. The summed E-state index contributed by atoms with van der Waals surface area (Å²) in [5, 5.41) is 0. The van der Waals surface area contributed by atoms with Crippen molar-refractivity contribution >= 4 is 15.9 Å². The molecule has 0 aromatic heterocycles. The fourth-order valence-corrected chi connectivity index (χ4v) is 3.04. The fraction of sp³-hybridized carbons (Fsp3) is 0.250. The van der Waals surface area contributed by atoms with Crippen molar-refractivity contribution in [2.45, 2.75) is 26.3 Å². The zero-order valence-electron chi connectivity index (χ0n) is 11.9. The Morgan fingerprint density at radius 1 is 1.14 bits per heavy atom. The van der Waals surface area contributed by atoms with Gasteiger partial charge in [0.2, 0.25) is 0 Å². The van der Waals surface area contributed by atoms with Crippen molar-refractivity contribution in [3.63, 3.8) is 0 Å². The van der Waals surface area contributed by atoms with Crippen molar-refractivity contribution in [1.82, 2.24) is 5.43 Å². The van der Waals surface area contributed by atoms with Gasteiger partial charge < -0.3 is 0 Å². The summed E-state index contributed by atoms with van der Waals surface area (Å²) in [6, 6.07) is 8.39. The molecule has 0 saturated heterocycles. The van der Waals surface area contributed by atoms with Gasteiger partial charge in [0.05, 0.1) is 10.5 Å². The molecule has 2 aromatic rings. The summed E-state index contributed by atoms with van der Waals surface area (Å²) in [5.41, 5.74) is 6.73. The topological polar surface area (TPSA) is 38.0 Å². The van der Waals surface area contributed by atoms with Gasteiger partial charge >= 0.3 is 0 Å². The molecule has 2 rings (SSSR count). The molecule has 112 valence electrons. The van der Waals surface area contributed by atoms with Crippen molar-refractivity contribution in [1.29, 1.82) is 0 Å². The highest BCUT2D eigenvalue weighted by Crippen LogP contribution is 2.30. The van der Waals surface area contributed by atoms with Crippen molar-refractivity contribution < 1.29 is 8.78 Å². The lowest BCUT2D eigenvalue weighted by Crippen LogP contribution is -2.30. The number of hydrogen-bond acceptors (Lipinski definition) is 2. The van der Waals surface area contributed by atoms with Crippen LogP contribution in [-0.4, -0.2) is 0 Å². The maximum atomic E-state index is 13.7. The summed E-state index contributed by atoms with van der Waals surface area (Å²) in [6.07, 6.45) is 0.596. The van der Waals surface area contributed by atoms with Crippen LogP contribution in [0.2, 0.25) is 0 Å². The first kappa shape index (κ1) is 16.1. The van der Waals surface area contributed by atoms with Crippen LogP contribution in [0.15, 0.2) is 34.8 Å². The minimum atomic E-state index is -0.894. The van der Waals surface area contributed by atoms with E-state index in [0.29, 0.717) is 12.0 Å². The molecule has 3 N–H and O–H groups in total. The van der Waals surface area contributed by atoms with Crippen LogP contribution in [0.5, 0.6) is 0 Å². The number of halogens is 3. The maximum absolute atomic E-state index is 13.7. The van der Waals surface area contributed by atoms with Crippen LogP contribution in [0.25, 0.3) is 0 Å². The number of hydrazine groups is 1. The molecule has 0 aliphatic carbocycles. The standard InChI is InChI=1S/C16H17BrF2N2/c1-9-4-3-5-10(2)12(9)8-14(21-20)11-6-7-13(18)16(19)15(11)17/h3-7,14,21H,8,20H2,1-2H3. The monoisotopic (exact) mass is 354 g/mol. The van der Waals surface area contributed by atoms with E-state index in [2.05, 4.69) is 21.4 Å². The summed E-state index contributed by atoms with van der Waals surface area (Å²) in [7, 11) is 0. The van der Waals surface area contributed by atoms with Gasteiger partial charge in [0, 0.05) is 0 Å². The lowest BCUT2D eigenvalue weighted by Gasteiger charge is -2.20. The smallest absolute Gasteiger partial charge is 0.173 e. The highest BCUT2D eigenvalue weighted by atomic mass is 79.9. The third kappa shape index (κ3) is 3.31. The highest BCUT2D eigenvalue weighted by molar-refractivity contribution is 9.10. The lowest BCUT2D eigenvalue weighted by molar-refractivity contribution is 0.491. The highest BCUT2D eigenvalue weighted by Gasteiger charge is 2.19. The quantitative estimate of drug-likeness (QED) is 0.493. The number of benzene rings is 2. The summed E-state index contributed by atoms with van der Waals surface area (Å²) in [5.74, 6) is 3.85. The molecular weight excluding hydrogens is 338 g/mol. The molecule has 21 heavy (non-hydrogen) atoms. The van der Waals surface area contributed by atoms with Crippen molar-refractivity contribution in [3.8, 4) is 0 Å². The van der Waals surface area contributed by atoms with E-state index in [-0.39, 0.29) is 10.5 Å². The van der Waals surface area contributed by atoms with Gasteiger partial charge in [-0.15, -0.1) is 0 Å². The molecular formula is C16H17BrF2N2. The first-order chi connectivity index (χ1) is 9.95. The molecule has 1 unspecified atom stereocenters. The van der Waals surface area contributed by atoms with Crippen LogP contribution >= 0.6 is 15.9 Å². The average molecular weight is 355 g/mol. The molecule has 0 heterocycles. The van der Waals surface area contributed by atoms with Crippen molar-refractivity contribution in [2.24, 2.45) is 5.84 Å². The van der Waals surface area contributed by atoms with Crippen LogP contribution in [-0.2, 0) is 6.42 Å². The maximum Gasteiger partial charge on any atom is 0.173 e. The first-order valence-electron chi connectivity index (χ1n) is 6.60. The van der Waals surface area contributed by atoms with E-state index in [9.17, 15) is 8.78 Å². The van der Waals surface area contributed by atoms with E-state index < -0.39 is 11.6 Å².